The van der Waals surface area contributed by atoms with Crippen LogP contribution in [0.4, 0.5) is 11.4 Å². The lowest BCUT2D eigenvalue weighted by Gasteiger charge is -2.17. The standard InChI is InChI=1S/C18H23N3O5S/c1-20(13-14-26-18-9-7-17(8-10-18)21(22)23)12-11-15-3-5-16(6-4-15)19-27(2,24)25/h3-10,19H,11-14H2,1-2H3. The minimum Gasteiger partial charge on any atom is -0.492 e. The summed E-state index contributed by atoms with van der Waals surface area (Å²) >= 11 is 0. The molecule has 0 atom stereocenters. The Morgan fingerprint density at radius 2 is 1.70 bits per heavy atom. The Hall–Kier alpha value is -2.65. The van der Waals surface area contributed by atoms with Gasteiger partial charge in [0.05, 0.1) is 11.2 Å². The van der Waals surface area contributed by atoms with Crippen LogP contribution in [-0.4, -0.2) is 51.2 Å². The number of hydrogen-bond acceptors (Lipinski definition) is 6. The average Bonchev–Trinajstić information content (AvgIpc) is 2.60. The van der Waals surface area contributed by atoms with Crippen molar-refractivity contribution in [1.29, 1.82) is 0 Å². The number of rotatable bonds is 10. The van der Waals surface area contributed by atoms with Crippen LogP contribution < -0.4 is 9.46 Å². The van der Waals surface area contributed by atoms with Crippen LogP contribution in [0.25, 0.3) is 0 Å². The number of sulfonamides is 1. The molecule has 9 heteroatoms. The van der Waals surface area contributed by atoms with Crippen molar-refractivity contribution in [3.05, 3.63) is 64.2 Å². The molecule has 2 rings (SSSR count). The Kier molecular flexibility index (Phi) is 7.14. The van der Waals surface area contributed by atoms with Gasteiger partial charge >= 0.3 is 0 Å². The summed E-state index contributed by atoms with van der Waals surface area (Å²) in [5, 5.41) is 10.6. The number of hydrogen-bond donors (Lipinski definition) is 1. The molecular weight excluding hydrogens is 370 g/mol. The number of nitrogens with zero attached hydrogens (tertiary/aromatic N) is 2. The number of anilines is 1. The summed E-state index contributed by atoms with van der Waals surface area (Å²) in [7, 11) is -1.28. The molecule has 1 N–H and O–H groups in total. The van der Waals surface area contributed by atoms with E-state index in [2.05, 4.69) is 9.62 Å². The quantitative estimate of drug-likeness (QED) is 0.492. The number of nitrogens with one attached hydrogen (secondary N) is 1. The highest BCUT2D eigenvalue weighted by Gasteiger charge is 2.06. The van der Waals surface area contributed by atoms with E-state index < -0.39 is 14.9 Å². The first kappa shape index (κ1) is 20.7. The molecule has 0 fully saturated rings. The second-order valence-electron chi connectivity index (χ2n) is 6.22. The maximum absolute atomic E-state index is 11.2. The molecule has 27 heavy (non-hydrogen) atoms. The van der Waals surface area contributed by atoms with Gasteiger partial charge in [-0.15, -0.1) is 0 Å². The molecular formula is C18H23N3O5S. The van der Waals surface area contributed by atoms with E-state index in [1.807, 2.05) is 19.2 Å². The number of likely N-dealkylation sites (N-methyl/N-ethyl adjacent to an activating group) is 1. The van der Waals surface area contributed by atoms with Gasteiger partial charge in [-0.25, -0.2) is 8.42 Å². The Balaban J connectivity index is 1.71. The van der Waals surface area contributed by atoms with Gasteiger partial charge in [0.15, 0.2) is 0 Å². The predicted octanol–water partition coefficient (Wildman–Crippen LogP) is 2.52. The van der Waals surface area contributed by atoms with Gasteiger partial charge in [-0.1, -0.05) is 12.1 Å². The van der Waals surface area contributed by atoms with E-state index in [1.165, 1.54) is 12.1 Å². The summed E-state index contributed by atoms with van der Waals surface area (Å²) in [4.78, 5) is 12.3. The molecule has 0 aromatic heterocycles. The van der Waals surface area contributed by atoms with E-state index in [1.54, 1.807) is 24.3 Å². The van der Waals surface area contributed by atoms with Crippen LogP contribution in [0.15, 0.2) is 48.5 Å². The van der Waals surface area contributed by atoms with Crippen molar-refractivity contribution in [2.24, 2.45) is 0 Å². The van der Waals surface area contributed by atoms with E-state index in [9.17, 15) is 18.5 Å². The highest BCUT2D eigenvalue weighted by atomic mass is 32.2. The monoisotopic (exact) mass is 393 g/mol. The highest BCUT2D eigenvalue weighted by molar-refractivity contribution is 7.92. The number of ether oxygens (including phenoxy) is 1. The molecule has 0 saturated heterocycles. The lowest BCUT2D eigenvalue weighted by atomic mass is 10.1. The normalized spacial score (nSPS) is 11.4. The van der Waals surface area contributed by atoms with Crippen LogP contribution in [0.2, 0.25) is 0 Å². The van der Waals surface area contributed by atoms with Crippen LogP contribution in [0, 0.1) is 10.1 Å². The number of nitro benzene ring substituents is 1. The van der Waals surface area contributed by atoms with Crippen molar-refractivity contribution >= 4 is 21.4 Å². The zero-order valence-corrected chi connectivity index (χ0v) is 16.1. The van der Waals surface area contributed by atoms with E-state index in [0.29, 0.717) is 24.6 Å². The smallest absolute Gasteiger partial charge is 0.269 e. The van der Waals surface area contributed by atoms with Crippen LogP contribution in [0.1, 0.15) is 5.56 Å². The van der Waals surface area contributed by atoms with E-state index in [0.717, 1.165) is 24.8 Å². The number of non-ortho nitro benzene ring substituents is 1. The Bertz CT molecular complexity index is 852. The second kappa shape index (κ2) is 9.33. The minimum absolute atomic E-state index is 0.0391. The molecule has 0 spiro atoms. The third kappa shape index (κ3) is 7.63. The van der Waals surface area contributed by atoms with Crippen LogP contribution in [0.5, 0.6) is 5.75 Å². The molecule has 0 aliphatic heterocycles. The van der Waals surface area contributed by atoms with Gasteiger partial charge in [0, 0.05) is 30.9 Å². The van der Waals surface area contributed by atoms with Crippen molar-refractivity contribution < 1.29 is 18.1 Å². The zero-order valence-electron chi connectivity index (χ0n) is 15.3. The molecule has 0 aliphatic rings. The molecule has 0 saturated carbocycles. The van der Waals surface area contributed by atoms with E-state index in [4.69, 9.17) is 4.74 Å². The van der Waals surface area contributed by atoms with Gasteiger partial charge in [0.2, 0.25) is 10.0 Å². The second-order valence-corrected chi connectivity index (χ2v) is 7.97. The summed E-state index contributed by atoms with van der Waals surface area (Å²) in [5.41, 5.74) is 1.69. The Labute approximate surface area is 159 Å². The predicted molar refractivity (Wildman–Crippen MR) is 105 cm³/mol. The summed E-state index contributed by atoms with van der Waals surface area (Å²) in [5.74, 6) is 0.600. The molecule has 0 bridgehead atoms. The van der Waals surface area contributed by atoms with Crippen LogP contribution in [0.3, 0.4) is 0 Å². The maximum Gasteiger partial charge on any atom is 0.269 e. The molecule has 0 unspecified atom stereocenters. The Morgan fingerprint density at radius 1 is 1.07 bits per heavy atom. The zero-order chi connectivity index (χ0) is 19.9. The first-order chi connectivity index (χ1) is 12.7. The van der Waals surface area contributed by atoms with Crippen molar-refractivity contribution in [3.8, 4) is 5.75 Å². The van der Waals surface area contributed by atoms with Crippen molar-refractivity contribution in [1.82, 2.24) is 4.90 Å². The minimum atomic E-state index is -3.26. The van der Waals surface area contributed by atoms with Crippen LogP contribution in [-0.2, 0) is 16.4 Å². The van der Waals surface area contributed by atoms with Gasteiger partial charge in [0.1, 0.15) is 12.4 Å². The fraction of sp³-hybridized carbons (Fsp3) is 0.333. The van der Waals surface area contributed by atoms with Crippen molar-refractivity contribution in [2.75, 3.05) is 37.7 Å². The molecule has 8 nitrogen and oxygen atoms in total. The van der Waals surface area contributed by atoms with Gasteiger partial charge in [-0.3, -0.25) is 14.8 Å². The largest absolute Gasteiger partial charge is 0.492 e. The molecule has 2 aromatic carbocycles. The summed E-state index contributed by atoms with van der Waals surface area (Å²) < 4.78 is 30.4. The highest BCUT2D eigenvalue weighted by Crippen LogP contribution is 2.17. The Morgan fingerprint density at radius 3 is 2.26 bits per heavy atom. The van der Waals surface area contributed by atoms with Crippen LogP contribution >= 0.6 is 0 Å². The lowest BCUT2D eigenvalue weighted by molar-refractivity contribution is -0.384. The molecule has 0 aliphatic carbocycles. The van der Waals surface area contributed by atoms with E-state index in [-0.39, 0.29) is 5.69 Å². The molecule has 0 amide bonds. The molecule has 2 aromatic rings. The first-order valence-corrected chi connectivity index (χ1v) is 10.2. The van der Waals surface area contributed by atoms with Crippen molar-refractivity contribution in [3.63, 3.8) is 0 Å². The van der Waals surface area contributed by atoms with Gasteiger partial charge in [0.25, 0.3) is 5.69 Å². The number of nitro groups is 1. The topological polar surface area (TPSA) is 102 Å². The summed E-state index contributed by atoms with van der Waals surface area (Å²) in [6.07, 6.45) is 1.95. The van der Waals surface area contributed by atoms with Gasteiger partial charge in [-0.2, -0.15) is 0 Å². The third-order valence-electron chi connectivity index (χ3n) is 3.83. The fourth-order valence-electron chi connectivity index (χ4n) is 2.37. The average molecular weight is 393 g/mol. The summed E-state index contributed by atoms with van der Waals surface area (Å²) in [6, 6.07) is 13.3. The summed E-state index contributed by atoms with van der Waals surface area (Å²) in [6.45, 7) is 2.01. The van der Waals surface area contributed by atoms with E-state index >= 15 is 0 Å². The maximum atomic E-state index is 11.2. The molecule has 0 radical (unpaired) electrons. The first-order valence-electron chi connectivity index (χ1n) is 8.35. The third-order valence-corrected chi connectivity index (χ3v) is 4.44. The molecule has 146 valence electrons. The van der Waals surface area contributed by atoms with Gasteiger partial charge in [-0.05, 0) is 43.3 Å². The SMILES string of the molecule is CN(CCOc1ccc([N+](=O)[O-])cc1)CCc1ccc(NS(C)(=O)=O)cc1. The van der Waals surface area contributed by atoms with Gasteiger partial charge < -0.3 is 9.64 Å². The molecule has 0 heterocycles. The fourth-order valence-corrected chi connectivity index (χ4v) is 2.93. The van der Waals surface area contributed by atoms with Crippen molar-refractivity contribution in [2.45, 2.75) is 6.42 Å². The number of benzene rings is 2. The lowest BCUT2D eigenvalue weighted by Crippen LogP contribution is -2.26.